The second-order valence-corrected chi connectivity index (χ2v) is 6.70. The second-order valence-electron chi connectivity index (χ2n) is 2.89. The van der Waals surface area contributed by atoms with E-state index in [1.54, 1.807) is 0 Å². The molecule has 1 aromatic carbocycles. The van der Waals surface area contributed by atoms with Crippen molar-refractivity contribution in [2.24, 2.45) is 0 Å². The zero-order chi connectivity index (χ0) is 8.97. The topological polar surface area (TPSA) is 0 Å². The van der Waals surface area contributed by atoms with E-state index in [0.29, 0.717) is 0 Å². The Balaban J connectivity index is 2.82. The van der Waals surface area contributed by atoms with E-state index < -0.39 is 8.11 Å². The standard InChI is InChI=1S/C10H13ClSi/c1-9-5-3-4-6-10(9)7-8-12(2)11/h3-8,12H,1-2H3. The summed E-state index contributed by atoms with van der Waals surface area (Å²) in [5.41, 5.74) is 4.71. The summed E-state index contributed by atoms with van der Waals surface area (Å²) in [7, 11) is -1.07. The van der Waals surface area contributed by atoms with Gasteiger partial charge >= 0.3 is 0 Å². The molecular weight excluding hydrogens is 184 g/mol. The van der Waals surface area contributed by atoms with Gasteiger partial charge in [-0.05, 0) is 18.1 Å². The van der Waals surface area contributed by atoms with Crippen LogP contribution >= 0.6 is 11.1 Å². The van der Waals surface area contributed by atoms with Gasteiger partial charge in [0.05, 0.1) is 0 Å². The van der Waals surface area contributed by atoms with Gasteiger partial charge in [-0.1, -0.05) is 42.6 Å². The number of hydrogen-bond donors (Lipinski definition) is 0. The van der Waals surface area contributed by atoms with Crippen LogP contribution in [-0.4, -0.2) is 8.11 Å². The van der Waals surface area contributed by atoms with Crippen LogP contribution in [0.2, 0.25) is 6.55 Å². The smallest absolute Gasteiger partial charge is 0.161 e. The van der Waals surface area contributed by atoms with Gasteiger partial charge < -0.3 is 0 Å². The Kier molecular flexibility index (Phi) is 3.57. The molecule has 0 aliphatic heterocycles. The van der Waals surface area contributed by atoms with E-state index in [4.69, 9.17) is 11.1 Å². The van der Waals surface area contributed by atoms with Gasteiger partial charge in [0, 0.05) is 0 Å². The maximum atomic E-state index is 5.93. The minimum Gasteiger partial charge on any atom is -0.166 e. The largest absolute Gasteiger partial charge is 0.166 e. The Morgan fingerprint density at radius 1 is 1.33 bits per heavy atom. The van der Waals surface area contributed by atoms with Crippen molar-refractivity contribution in [1.29, 1.82) is 0 Å². The number of hydrogen-bond acceptors (Lipinski definition) is 0. The van der Waals surface area contributed by atoms with Gasteiger partial charge in [-0.25, -0.2) is 0 Å². The van der Waals surface area contributed by atoms with Crippen LogP contribution in [0.4, 0.5) is 0 Å². The first-order chi connectivity index (χ1) is 5.70. The maximum Gasteiger partial charge on any atom is 0.161 e. The molecule has 0 spiro atoms. The number of benzene rings is 1. The molecule has 0 bridgehead atoms. The van der Waals surface area contributed by atoms with E-state index >= 15 is 0 Å². The van der Waals surface area contributed by atoms with Crippen molar-refractivity contribution < 1.29 is 0 Å². The van der Waals surface area contributed by atoms with Crippen LogP contribution in [0.5, 0.6) is 0 Å². The minimum absolute atomic E-state index is 1.07. The fraction of sp³-hybridized carbons (Fsp3) is 0.200. The molecule has 0 radical (unpaired) electrons. The summed E-state index contributed by atoms with van der Waals surface area (Å²) in [4.78, 5) is 0. The summed E-state index contributed by atoms with van der Waals surface area (Å²) in [5, 5.41) is 0. The van der Waals surface area contributed by atoms with Crippen LogP contribution in [0.15, 0.2) is 30.0 Å². The van der Waals surface area contributed by atoms with Crippen LogP contribution in [0, 0.1) is 6.92 Å². The molecule has 1 atom stereocenters. The Bertz CT molecular complexity index is 279. The lowest BCUT2D eigenvalue weighted by Gasteiger charge is -1.98. The molecule has 12 heavy (non-hydrogen) atoms. The summed E-state index contributed by atoms with van der Waals surface area (Å²) >= 11 is 5.93. The zero-order valence-corrected chi connectivity index (χ0v) is 9.33. The van der Waals surface area contributed by atoms with Gasteiger partial charge in [-0.2, -0.15) is 11.1 Å². The molecule has 1 rings (SSSR count). The normalized spacial score (nSPS) is 13.6. The first-order valence-corrected chi connectivity index (χ1v) is 7.65. The molecule has 0 saturated heterocycles. The molecule has 0 aliphatic carbocycles. The molecule has 2 heteroatoms. The van der Waals surface area contributed by atoms with Crippen LogP contribution in [-0.2, 0) is 0 Å². The number of halogens is 1. The monoisotopic (exact) mass is 196 g/mol. The van der Waals surface area contributed by atoms with Crippen molar-refractivity contribution in [2.75, 3.05) is 0 Å². The number of rotatable bonds is 2. The van der Waals surface area contributed by atoms with E-state index in [9.17, 15) is 0 Å². The minimum atomic E-state index is -1.07. The van der Waals surface area contributed by atoms with Crippen LogP contribution < -0.4 is 0 Å². The summed E-state index contributed by atoms with van der Waals surface area (Å²) in [6.45, 7) is 4.20. The van der Waals surface area contributed by atoms with Crippen LogP contribution in [0.3, 0.4) is 0 Å². The third-order valence-corrected chi connectivity index (χ3v) is 2.89. The highest BCUT2D eigenvalue weighted by atomic mass is 35.6. The van der Waals surface area contributed by atoms with E-state index in [-0.39, 0.29) is 0 Å². The highest BCUT2D eigenvalue weighted by Gasteiger charge is 1.93. The molecule has 0 nitrogen and oxygen atoms in total. The lowest BCUT2D eigenvalue weighted by Crippen LogP contribution is -1.88. The van der Waals surface area contributed by atoms with Gasteiger partial charge in [0.1, 0.15) is 0 Å². The Morgan fingerprint density at radius 3 is 2.58 bits per heavy atom. The van der Waals surface area contributed by atoms with E-state index in [1.807, 2.05) is 12.1 Å². The van der Waals surface area contributed by atoms with Gasteiger partial charge in [-0.15, -0.1) is 0 Å². The predicted octanol–water partition coefficient (Wildman–Crippen LogP) is 3.14. The average Bonchev–Trinajstić information content (AvgIpc) is 2.03. The fourth-order valence-electron chi connectivity index (χ4n) is 1.01. The SMILES string of the molecule is Cc1ccccc1C=C[SiH](C)Cl. The van der Waals surface area contributed by atoms with Crippen molar-refractivity contribution in [3.05, 3.63) is 41.1 Å². The molecule has 0 N–H and O–H groups in total. The zero-order valence-electron chi connectivity index (χ0n) is 7.42. The van der Waals surface area contributed by atoms with Crippen molar-refractivity contribution in [3.8, 4) is 0 Å². The first-order valence-electron chi connectivity index (χ1n) is 4.08. The highest BCUT2D eigenvalue weighted by molar-refractivity contribution is 7.09. The molecule has 1 unspecified atom stereocenters. The van der Waals surface area contributed by atoms with Crippen molar-refractivity contribution in [3.63, 3.8) is 0 Å². The van der Waals surface area contributed by atoms with Crippen molar-refractivity contribution in [2.45, 2.75) is 13.5 Å². The van der Waals surface area contributed by atoms with E-state index in [0.717, 1.165) is 0 Å². The molecule has 0 aromatic heterocycles. The number of aryl methyl sites for hydroxylation is 1. The Morgan fingerprint density at radius 2 is 2.00 bits per heavy atom. The third kappa shape index (κ3) is 2.84. The molecule has 64 valence electrons. The van der Waals surface area contributed by atoms with E-state index in [1.165, 1.54) is 11.1 Å². The molecule has 0 saturated carbocycles. The van der Waals surface area contributed by atoms with Gasteiger partial charge in [0.25, 0.3) is 0 Å². The molecule has 0 heterocycles. The second kappa shape index (κ2) is 4.48. The Labute approximate surface area is 80.2 Å². The summed E-state index contributed by atoms with van der Waals surface area (Å²) in [5.74, 6) is 0. The molecule has 0 aliphatic rings. The predicted molar refractivity (Wildman–Crippen MR) is 59.1 cm³/mol. The van der Waals surface area contributed by atoms with Crippen molar-refractivity contribution in [1.82, 2.24) is 0 Å². The summed E-state index contributed by atoms with van der Waals surface area (Å²) in [6.07, 6.45) is 2.12. The quantitative estimate of drug-likeness (QED) is 0.504. The molecule has 1 aromatic rings. The Hall–Kier alpha value is -0.533. The van der Waals surface area contributed by atoms with Gasteiger partial charge in [0.2, 0.25) is 0 Å². The average molecular weight is 197 g/mol. The van der Waals surface area contributed by atoms with Gasteiger partial charge in [0.15, 0.2) is 8.11 Å². The lowest BCUT2D eigenvalue weighted by atomic mass is 10.1. The summed E-state index contributed by atoms with van der Waals surface area (Å²) in [6, 6.07) is 8.32. The fourth-order valence-corrected chi connectivity index (χ4v) is 1.70. The maximum absolute atomic E-state index is 5.93. The van der Waals surface area contributed by atoms with Gasteiger partial charge in [-0.3, -0.25) is 0 Å². The van der Waals surface area contributed by atoms with Crippen LogP contribution in [0.25, 0.3) is 6.08 Å². The molecule has 0 fully saturated rings. The highest BCUT2D eigenvalue weighted by Crippen LogP contribution is 2.09. The third-order valence-electron chi connectivity index (χ3n) is 1.73. The molecular formula is C10H13ClSi. The van der Waals surface area contributed by atoms with E-state index in [2.05, 4.69) is 37.4 Å². The lowest BCUT2D eigenvalue weighted by molar-refractivity contribution is 1.45. The summed E-state index contributed by atoms with van der Waals surface area (Å²) < 4.78 is 0. The molecule has 0 amide bonds. The van der Waals surface area contributed by atoms with Crippen LogP contribution in [0.1, 0.15) is 11.1 Å². The first kappa shape index (κ1) is 9.55. The van der Waals surface area contributed by atoms with Crippen molar-refractivity contribution >= 4 is 25.3 Å².